The Balaban J connectivity index is 2.90. The molecule has 0 spiro atoms. The molecule has 2 N–H and O–H groups in total. The van der Waals surface area contributed by atoms with Gasteiger partial charge in [0.1, 0.15) is 12.1 Å². The minimum absolute atomic E-state index is 0.266. The molecule has 2 unspecified atom stereocenters. The molecule has 0 aliphatic carbocycles. The maximum absolute atomic E-state index is 11.5. The topological polar surface area (TPSA) is 66.4 Å². The minimum atomic E-state index is -1.18. The van der Waals surface area contributed by atoms with E-state index in [9.17, 15) is 9.59 Å². The van der Waals surface area contributed by atoms with E-state index in [1.165, 1.54) is 13.8 Å². The molecule has 96 valence electrons. The number of amides is 1. The summed E-state index contributed by atoms with van der Waals surface area (Å²) < 4.78 is 0. The molecular weight excluding hydrogens is 250 g/mol. The number of aliphatic hydroxyl groups is 1. The molecule has 5 heteroatoms. The Morgan fingerprint density at radius 1 is 1.28 bits per heavy atom. The van der Waals surface area contributed by atoms with Crippen molar-refractivity contribution in [3.63, 3.8) is 0 Å². The Kier molecular flexibility index (Phi) is 5.12. The summed E-state index contributed by atoms with van der Waals surface area (Å²) in [5.74, 6) is -0.883. The largest absolute Gasteiger partial charge is 0.384 e. The molecule has 1 aromatic carbocycles. The van der Waals surface area contributed by atoms with Crippen molar-refractivity contribution in [3.8, 4) is 0 Å². The van der Waals surface area contributed by atoms with Gasteiger partial charge in [0.25, 0.3) is 0 Å². The summed E-state index contributed by atoms with van der Waals surface area (Å²) in [7, 11) is 0. The highest BCUT2D eigenvalue weighted by atomic mass is 32.1. The molecule has 0 aromatic heterocycles. The lowest BCUT2D eigenvalue weighted by Gasteiger charge is -2.18. The van der Waals surface area contributed by atoms with Gasteiger partial charge < -0.3 is 10.4 Å². The number of thiocarbonyl (C=S) groups is 1. The fraction of sp³-hybridized carbons (Fsp3) is 0.308. The number of hydrogen-bond acceptors (Lipinski definition) is 4. The molecule has 18 heavy (non-hydrogen) atoms. The van der Waals surface area contributed by atoms with Crippen LogP contribution in [0.2, 0.25) is 0 Å². The first-order chi connectivity index (χ1) is 8.43. The average molecular weight is 265 g/mol. The third-order valence-corrected chi connectivity index (χ3v) is 2.86. The van der Waals surface area contributed by atoms with Crippen molar-refractivity contribution >= 4 is 28.8 Å². The third kappa shape index (κ3) is 3.72. The van der Waals surface area contributed by atoms with Crippen LogP contribution in [0.5, 0.6) is 0 Å². The van der Waals surface area contributed by atoms with E-state index in [1.54, 1.807) is 24.3 Å². The lowest BCUT2D eigenvalue weighted by atomic mass is 10.0. The second-order valence-electron chi connectivity index (χ2n) is 3.96. The average Bonchev–Trinajstić information content (AvgIpc) is 2.35. The summed E-state index contributed by atoms with van der Waals surface area (Å²) in [5, 5.41) is 11.6. The Morgan fingerprint density at radius 2 is 1.83 bits per heavy atom. The van der Waals surface area contributed by atoms with Crippen molar-refractivity contribution in [2.24, 2.45) is 0 Å². The zero-order valence-corrected chi connectivity index (χ0v) is 11.0. The first-order valence-corrected chi connectivity index (χ1v) is 5.92. The van der Waals surface area contributed by atoms with Crippen LogP contribution in [0.1, 0.15) is 19.4 Å². The smallest absolute Gasteiger partial charge is 0.249 e. The Labute approximate surface area is 111 Å². The van der Waals surface area contributed by atoms with Gasteiger partial charge in [-0.05, 0) is 19.4 Å². The van der Waals surface area contributed by atoms with E-state index in [0.717, 1.165) is 0 Å². The number of Topliss-reactive ketones (excluding diaryl/α,β-unsaturated/α-hetero) is 1. The molecule has 0 heterocycles. The summed E-state index contributed by atoms with van der Waals surface area (Å²) in [4.78, 5) is 23.3. The van der Waals surface area contributed by atoms with Gasteiger partial charge in [-0.2, -0.15) is 0 Å². The van der Waals surface area contributed by atoms with Gasteiger partial charge in [0.2, 0.25) is 5.91 Å². The first kappa shape index (κ1) is 14.5. The van der Waals surface area contributed by atoms with Crippen LogP contribution in [-0.4, -0.2) is 33.8 Å². The van der Waals surface area contributed by atoms with E-state index >= 15 is 0 Å². The zero-order valence-electron chi connectivity index (χ0n) is 10.2. The summed E-state index contributed by atoms with van der Waals surface area (Å²) in [5.41, 5.74) is 0.707. The van der Waals surface area contributed by atoms with E-state index in [4.69, 9.17) is 17.3 Å². The fourth-order valence-electron chi connectivity index (χ4n) is 1.38. The number of ketones is 1. The van der Waals surface area contributed by atoms with Crippen LogP contribution in [0.3, 0.4) is 0 Å². The van der Waals surface area contributed by atoms with Gasteiger partial charge in [0, 0.05) is 0 Å². The van der Waals surface area contributed by atoms with Crippen molar-refractivity contribution in [2.75, 3.05) is 0 Å². The van der Waals surface area contributed by atoms with Crippen molar-refractivity contribution in [3.05, 3.63) is 35.9 Å². The Bertz CT molecular complexity index is 457. The van der Waals surface area contributed by atoms with E-state index in [1.807, 2.05) is 6.07 Å². The highest BCUT2D eigenvalue weighted by Gasteiger charge is 2.24. The number of carbonyl (C=O) groups is 2. The van der Waals surface area contributed by atoms with Gasteiger partial charge >= 0.3 is 0 Å². The minimum Gasteiger partial charge on any atom is -0.384 e. The number of carbonyl (C=O) groups excluding carboxylic acids is 2. The fourth-order valence-corrected chi connectivity index (χ4v) is 1.74. The maximum Gasteiger partial charge on any atom is 0.249 e. The number of nitrogens with one attached hydrogen (secondary N) is 1. The lowest BCUT2D eigenvalue weighted by Crippen LogP contribution is -2.48. The van der Waals surface area contributed by atoms with Crippen molar-refractivity contribution in [2.45, 2.75) is 26.0 Å². The molecule has 2 atom stereocenters. The van der Waals surface area contributed by atoms with Crippen LogP contribution in [0.15, 0.2) is 30.3 Å². The molecule has 0 bridgehead atoms. The molecule has 0 fully saturated rings. The van der Waals surface area contributed by atoms with Gasteiger partial charge in [0.15, 0.2) is 5.78 Å². The normalized spacial score (nSPS) is 13.5. The van der Waals surface area contributed by atoms with Gasteiger partial charge in [-0.15, -0.1) is 0 Å². The maximum atomic E-state index is 11.5. The summed E-state index contributed by atoms with van der Waals surface area (Å²) in [6.45, 7) is 2.68. The van der Waals surface area contributed by atoms with E-state index in [0.29, 0.717) is 10.4 Å². The Morgan fingerprint density at radius 3 is 2.28 bits per heavy atom. The molecule has 1 rings (SSSR count). The van der Waals surface area contributed by atoms with E-state index in [-0.39, 0.29) is 5.78 Å². The van der Waals surface area contributed by atoms with Gasteiger partial charge in [-0.3, -0.25) is 9.59 Å². The van der Waals surface area contributed by atoms with Crippen LogP contribution in [0.25, 0.3) is 0 Å². The second kappa shape index (κ2) is 6.37. The summed E-state index contributed by atoms with van der Waals surface area (Å²) in [6, 6.07) is 8.09. The highest BCUT2D eigenvalue weighted by Crippen LogP contribution is 2.06. The monoisotopic (exact) mass is 265 g/mol. The van der Waals surface area contributed by atoms with Gasteiger partial charge in [0.05, 0.1) is 4.86 Å². The number of benzene rings is 1. The van der Waals surface area contributed by atoms with E-state index in [2.05, 4.69) is 5.32 Å². The van der Waals surface area contributed by atoms with Crippen molar-refractivity contribution in [1.29, 1.82) is 0 Å². The molecule has 1 aromatic rings. The molecule has 0 radical (unpaired) electrons. The predicted octanol–water partition coefficient (Wildman–Crippen LogP) is 0.859. The number of hydrogen-bond donors (Lipinski definition) is 2. The van der Waals surface area contributed by atoms with Crippen LogP contribution in [-0.2, 0) is 9.59 Å². The van der Waals surface area contributed by atoms with Crippen LogP contribution >= 0.6 is 12.2 Å². The first-order valence-electron chi connectivity index (χ1n) is 5.51. The van der Waals surface area contributed by atoms with E-state index < -0.39 is 18.1 Å². The quantitative estimate of drug-likeness (QED) is 0.612. The van der Waals surface area contributed by atoms with Crippen molar-refractivity contribution in [1.82, 2.24) is 5.32 Å². The van der Waals surface area contributed by atoms with Gasteiger partial charge in [-0.1, -0.05) is 42.5 Å². The molecule has 0 aliphatic heterocycles. The SMILES string of the molecule is CC(=O)C(NC(=O)C(C)O)C(=S)c1ccccc1. The molecule has 0 saturated heterocycles. The predicted molar refractivity (Wildman–Crippen MR) is 72.4 cm³/mol. The summed E-state index contributed by atoms with van der Waals surface area (Å²) in [6.07, 6.45) is -1.18. The molecular formula is C13H15NO3S. The molecule has 4 nitrogen and oxygen atoms in total. The number of aliphatic hydroxyl groups excluding tert-OH is 1. The Hall–Kier alpha value is -1.59. The second-order valence-corrected chi connectivity index (χ2v) is 4.40. The summed E-state index contributed by atoms with van der Waals surface area (Å²) >= 11 is 5.21. The molecule has 0 aliphatic rings. The standard InChI is InChI=1S/C13H15NO3S/c1-8(15)11(14-13(17)9(2)16)12(18)10-6-4-3-5-7-10/h3-7,9,11,16H,1-2H3,(H,14,17). The van der Waals surface area contributed by atoms with Crippen LogP contribution in [0, 0.1) is 0 Å². The molecule has 0 saturated carbocycles. The molecule has 1 amide bonds. The van der Waals surface area contributed by atoms with Crippen LogP contribution < -0.4 is 5.32 Å². The van der Waals surface area contributed by atoms with Crippen molar-refractivity contribution < 1.29 is 14.7 Å². The third-order valence-electron chi connectivity index (χ3n) is 2.39. The zero-order chi connectivity index (χ0) is 13.7. The van der Waals surface area contributed by atoms with Crippen LogP contribution in [0.4, 0.5) is 0 Å². The highest BCUT2D eigenvalue weighted by molar-refractivity contribution is 7.81. The lowest BCUT2D eigenvalue weighted by molar-refractivity contribution is -0.131. The number of rotatable bonds is 5. The van der Waals surface area contributed by atoms with Gasteiger partial charge in [-0.25, -0.2) is 0 Å².